The molecule has 2 amide bonds. The quantitative estimate of drug-likeness (QED) is 0.239. The highest BCUT2D eigenvalue weighted by molar-refractivity contribution is 7.90. The molecule has 11 heteroatoms. The third-order valence-electron chi connectivity index (χ3n) is 6.14. The minimum atomic E-state index is -4.33. The summed E-state index contributed by atoms with van der Waals surface area (Å²) in [5.74, 6) is -1.58. The van der Waals surface area contributed by atoms with Crippen LogP contribution in [0.2, 0.25) is 5.02 Å². The third kappa shape index (κ3) is 6.08. The molecule has 202 valence electrons. The van der Waals surface area contributed by atoms with Crippen LogP contribution in [-0.4, -0.2) is 24.4 Å². The van der Waals surface area contributed by atoms with Crippen LogP contribution in [0, 0.1) is 11.6 Å². The van der Waals surface area contributed by atoms with Gasteiger partial charge in [0.1, 0.15) is 16.5 Å². The molecule has 0 aliphatic carbocycles. The van der Waals surface area contributed by atoms with Crippen molar-refractivity contribution >= 4 is 38.4 Å². The van der Waals surface area contributed by atoms with E-state index in [0.29, 0.717) is 11.3 Å². The van der Waals surface area contributed by atoms with Crippen molar-refractivity contribution in [3.63, 3.8) is 0 Å². The highest BCUT2D eigenvalue weighted by Gasteiger charge is 2.25. The molecule has 2 heterocycles. The lowest BCUT2D eigenvalue weighted by molar-refractivity contribution is 0.242. The molecule has 0 saturated heterocycles. The average Bonchev–Trinajstić information content (AvgIpc) is 2.92. The fourth-order valence-electron chi connectivity index (χ4n) is 4.40. The smallest absolute Gasteiger partial charge is 0.329 e. The number of nitrogens with zero attached hydrogens (tertiary/aromatic N) is 2. The van der Waals surface area contributed by atoms with Gasteiger partial charge in [-0.25, -0.2) is 26.7 Å². The highest BCUT2D eigenvalue weighted by Crippen LogP contribution is 2.31. The number of benzene rings is 3. The van der Waals surface area contributed by atoms with Gasteiger partial charge in [-0.1, -0.05) is 41.9 Å². The van der Waals surface area contributed by atoms with Crippen molar-refractivity contribution in [2.45, 2.75) is 17.4 Å². The van der Waals surface area contributed by atoms with Crippen molar-refractivity contribution in [1.29, 1.82) is 0 Å². The van der Waals surface area contributed by atoms with E-state index in [2.05, 4.69) is 15.3 Å². The maximum absolute atomic E-state index is 14.0. The molecular weight excluding hydrogens is 558 g/mol. The maximum atomic E-state index is 14.0. The monoisotopic (exact) mass is 578 g/mol. The van der Waals surface area contributed by atoms with Gasteiger partial charge < -0.3 is 5.32 Å². The van der Waals surface area contributed by atoms with E-state index in [9.17, 15) is 22.0 Å². The Balaban J connectivity index is 1.53. The van der Waals surface area contributed by atoms with Crippen LogP contribution >= 0.6 is 11.6 Å². The molecule has 0 aliphatic heterocycles. The zero-order valence-electron chi connectivity index (χ0n) is 20.7. The van der Waals surface area contributed by atoms with Crippen LogP contribution in [0.4, 0.5) is 13.6 Å². The average molecular weight is 579 g/mol. The summed E-state index contributed by atoms with van der Waals surface area (Å²) in [6, 6.07) is 17.7. The predicted molar refractivity (Wildman–Crippen MR) is 148 cm³/mol. The Hall–Kier alpha value is -4.41. The SMILES string of the molecule is O=C(N[C@H](Cc1cc(F)cc(F)c1)c1ncccc1-c1ccc2ccncc2c1)NS(=O)(=O)c1ccccc1Cl. The number of sulfonamides is 1. The van der Waals surface area contributed by atoms with Gasteiger partial charge in [-0.15, -0.1) is 0 Å². The number of amides is 2. The van der Waals surface area contributed by atoms with Gasteiger partial charge in [0.25, 0.3) is 10.0 Å². The number of carbonyl (C=O) groups excluding carboxylic acids is 1. The van der Waals surface area contributed by atoms with Gasteiger partial charge in [0, 0.05) is 35.6 Å². The molecule has 5 aromatic rings. The van der Waals surface area contributed by atoms with Crippen molar-refractivity contribution in [1.82, 2.24) is 20.0 Å². The van der Waals surface area contributed by atoms with Crippen LogP contribution in [-0.2, 0) is 16.4 Å². The second kappa shape index (κ2) is 11.4. The van der Waals surface area contributed by atoms with Gasteiger partial charge in [0.15, 0.2) is 0 Å². The summed E-state index contributed by atoms with van der Waals surface area (Å²) in [7, 11) is -4.33. The maximum Gasteiger partial charge on any atom is 0.329 e. The first-order valence-corrected chi connectivity index (χ1v) is 13.9. The second-order valence-corrected chi connectivity index (χ2v) is 11.0. The minimum Gasteiger partial charge on any atom is -0.329 e. The molecule has 2 N–H and O–H groups in total. The predicted octanol–water partition coefficient (Wildman–Crippen LogP) is 6.20. The first-order valence-electron chi connectivity index (χ1n) is 12.0. The van der Waals surface area contributed by atoms with E-state index in [1.807, 2.05) is 29.0 Å². The highest BCUT2D eigenvalue weighted by atomic mass is 35.5. The van der Waals surface area contributed by atoms with Crippen LogP contribution in [0.3, 0.4) is 0 Å². The second-order valence-electron chi connectivity index (χ2n) is 8.92. The van der Waals surface area contributed by atoms with Crippen molar-refractivity contribution < 1.29 is 22.0 Å². The molecule has 2 aromatic heterocycles. The number of halogens is 3. The molecule has 0 saturated carbocycles. The molecule has 0 fully saturated rings. The summed E-state index contributed by atoms with van der Waals surface area (Å²) in [6.07, 6.45) is 4.83. The number of urea groups is 1. The van der Waals surface area contributed by atoms with E-state index in [1.54, 1.807) is 30.6 Å². The molecular formula is C29H21ClF2N4O3S. The molecule has 0 bridgehead atoms. The lowest BCUT2D eigenvalue weighted by Gasteiger charge is -2.22. The fraction of sp³-hybridized carbons (Fsp3) is 0.0690. The Morgan fingerprint density at radius 3 is 2.45 bits per heavy atom. The largest absolute Gasteiger partial charge is 0.329 e. The Morgan fingerprint density at radius 1 is 0.900 bits per heavy atom. The Bertz CT molecular complexity index is 1820. The number of nitrogens with one attached hydrogen (secondary N) is 2. The summed E-state index contributed by atoms with van der Waals surface area (Å²) < 4.78 is 55.8. The third-order valence-corrected chi connectivity index (χ3v) is 7.97. The van der Waals surface area contributed by atoms with Crippen LogP contribution in [0.15, 0.2) is 102 Å². The molecule has 40 heavy (non-hydrogen) atoms. The van der Waals surface area contributed by atoms with Crippen LogP contribution < -0.4 is 10.0 Å². The Kier molecular flexibility index (Phi) is 7.72. The summed E-state index contributed by atoms with van der Waals surface area (Å²) in [5.41, 5.74) is 1.98. The van der Waals surface area contributed by atoms with Crippen LogP contribution in [0.1, 0.15) is 17.3 Å². The van der Waals surface area contributed by atoms with E-state index in [-0.39, 0.29) is 21.9 Å². The number of hydrogen-bond donors (Lipinski definition) is 2. The molecule has 0 unspecified atom stereocenters. The lowest BCUT2D eigenvalue weighted by Crippen LogP contribution is -2.42. The van der Waals surface area contributed by atoms with Gasteiger partial charge >= 0.3 is 6.03 Å². The molecule has 5 rings (SSSR count). The van der Waals surface area contributed by atoms with E-state index >= 15 is 0 Å². The molecule has 7 nitrogen and oxygen atoms in total. The van der Waals surface area contributed by atoms with E-state index in [4.69, 9.17) is 11.6 Å². The Labute approximate surface area is 233 Å². The number of rotatable bonds is 7. The number of fused-ring (bicyclic) bond motifs is 1. The zero-order chi connectivity index (χ0) is 28.3. The van der Waals surface area contributed by atoms with E-state index < -0.39 is 33.7 Å². The fourth-order valence-corrected chi connectivity index (χ4v) is 5.84. The summed E-state index contributed by atoms with van der Waals surface area (Å²) in [5, 5.41) is 4.40. The van der Waals surface area contributed by atoms with Gasteiger partial charge in [-0.05, 0) is 65.4 Å². The van der Waals surface area contributed by atoms with Crippen LogP contribution in [0.5, 0.6) is 0 Å². The first kappa shape index (κ1) is 27.2. The molecule has 3 aromatic carbocycles. The van der Waals surface area contributed by atoms with Gasteiger partial charge in [-0.2, -0.15) is 0 Å². The summed E-state index contributed by atoms with van der Waals surface area (Å²) in [4.78, 5) is 21.4. The molecule has 0 spiro atoms. The number of hydrogen-bond acceptors (Lipinski definition) is 5. The number of pyridine rings is 2. The molecule has 0 aliphatic rings. The lowest BCUT2D eigenvalue weighted by atomic mass is 9.94. The van der Waals surface area contributed by atoms with E-state index in [1.165, 1.54) is 24.4 Å². The zero-order valence-corrected chi connectivity index (χ0v) is 22.3. The number of aromatic nitrogens is 2. The van der Waals surface area contributed by atoms with Crippen molar-refractivity contribution in [3.05, 3.63) is 125 Å². The Morgan fingerprint density at radius 2 is 1.68 bits per heavy atom. The summed E-state index contributed by atoms with van der Waals surface area (Å²) >= 11 is 6.02. The van der Waals surface area contributed by atoms with Gasteiger partial charge in [-0.3, -0.25) is 9.97 Å². The van der Waals surface area contributed by atoms with Gasteiger partial charge in [0.2, 0.25) is 0 Å². The normalized spacial score (nSPS) is 12.2. The van der Waals surface area contributed by atoms with Gasteiger partial charge in [0.05, 0.1) is 16.8 Å². The van der Waals surface area contributed by atoms with Crippen LogP contribution in [0.25, 0.3) is 21.9 Å². The molecule has 1 atom stereocenters. The minimum absolute atomic E-state index is 0.0626. The standard InChI is InChI=1S/C29H21ClF2N4O3S/c30-25-5-1-2-6-27(25)40(38,39)36-29(37)35-26(14-18-12-22(31)16-23(32)13-18)28-24(4-3-10-34-28)20-8-7-19-9-11-33-17-21(19)15-20/h1-13,15-17,26H,14H2,(H2,35,36,37)/t26-/m1/s1. The summed E-state index contributed by atoms with van der Waals surface area (Å²) in [6.45, 7) is 0. The van der Waals surface area contributed by atoms with Crippen molar-refractivity contribution in [2.75, 3.05) is 0 Å². The topological polar surface area (TPSA) is 101 Å². The number of carbonyl (C=O) groups is 1. The van der Waals surface area contributed by atoms with Crippen molar-refractivity contribution in [2.24, 2.45) is 0 Å². The molecule has 0 radical (unpaired) electrons. The van der Waals surface area contributed by atoms with E-state index in [0.717, 1.165) is 34.5 Å². The first-order chi connectivity index (χ1) is 19.2. The van der Waals surface area contributed by atoms with Crippen molar-refractivity contribution in [3.8, 4) is 11.1 Å².